The second-order valence-electron chi connectivity index (χ2n) is 5.91. The number of rotatable bonds is 9. The number of carboxylic acid groups (broad SMARTS) is 1. The fourth-order valence-corrected chi connectivity index (χ4v) is 2.09. The molecular formula is C17H24ClNO4. The Kier molecular flexibility index (Phi) is 8.06. The molecule has 2 atom stereocenters. The van der Waals surface area contributed by atoms with Gasteiger partial charge >= 0.3 is 5.97 Å². The van der Waals surface area contributed by atoms with Crippen molar-refractivity contribution in [2.45, 2.75) is 45.8 Å². The molecule has 2 N–H and O–H groups in total. The van der Waals surface area contributed by atoms with Gasteiger partial charge in [0.25, 0.3) is 0 Å². The minimum Gasteiger partial charge on any atom is -0.481 e. The molecule has 0 radical (unpaired) electrons. The molecule has 0 saturated carbocycles. The third-order valence-electron chi connectivity index (χ3n) is 3.40. The van der Waals surface area contributed by atoms with Crippen LogP contribution in [0.15, 0.2) is 24.3 Å². The Morgan fingerprint density at radius 1 is 1.22 bits per heavy atom. The first kappa shape index (κ1) is 19.5. The van der Waals surface area contributed by atoms with E-state index in [0.29, 0.717) is 23.1 Å². The molecule has 6 heteroatoms. The van der Waals surface area contributed by atoms with Crippen molar-refractivity contribution in [1.29, 1.82) is 0 Å². The van der Waals surface area contributed by atoms with E-state index in [9.17, 15) is 9.59 Å². The molecule has 0 fully saturated rings. The summed E-state index contributed by atoms with van der Waals surface area (Å²) in [4.78, 5) is 23.2. The average molecular weight is 342 g/mol. The van der Waals surface area contributed by atoms with Crippen molar-refractivity contribution < 1.29 is 19.4 Å². The largest absolute Gasteiger partial charge is 0.481 e. The number of nitrogens with one attached hydrogen (secondary N) is 1. The molecule has 1 aromatic rings. The predicted molar refractivity (Wildman–Crippen MR) is 89.5 cm³/mol. The van der Waals surface area contributed by atoms with Crippen LogP contribution in [0.2, 0.25) is 5.02 Å². The fraction of sp³-hybridized carbons (Fsp3) is 0.529. The van der Waals surface area contributed by atoms with Crippen molar-refractivity contribution >= 4 is 23.5 Å². The minimum absolute atomic E-state index is 0.202. The van der Waals surface area contributed by atoms with Crippen LogP contribution >= 0.6 is 11.6 Å². The van der Waals surface area contributed by atoms with Crippen molar-refractivity contribution in [3.8, 4) is 0 Å². The van der Waals surface area contributed by atoms with Gasteiger partial charge in [0.05, 0.1) is 12.5 Å². The van der Waals surface area contributed by atoms with Gasteiger partial charge in [-0.3, -0.25) is 9.59 Å². The SMILES string of the molecule is CC(C)CCOC(C)C(=O)N[C@@H](CC(=O)O)c1ccc(Cl)cc1. The van der Waals surface area contributed by atoms with Crippen molar-refractivity contribution in [2.24, 2.45) is 5.92 Å². The topological polar surface area (TPSA) is 75.6 Å². The standard InChI is InChI=1S/C17H24ClNO4/c1-11(2)8-9-23-12(3)17(22)19-15(10-16(20)21)13-4-6-14(18)7-5-13/h4-7,11-12,15H,8-10H2,1-3H3,(H,19,22)(H,20,21)/t12?,15-/m0/s1. The normalized spacial score (nSPS) is 13.6. The van der Waals surface area contributed by atoms with E-state index in [1.807, 2.05) is 0 Å². The summed E-state index contributed by atoms with van der Waals surface area (Å²) in [5.74, 6) is -0.812. The summed E-state index contributed by atoms with van der Waals surface area (Å²) in [6, 6.07) is 6.13. The number of benzene rings is 1. The second kappa shape index (κ2) is 9.53. The van der Waals surface area contributed by atoms with Gasteiger partial charge in [0.1, 0.15) is 6.10 Å². The Labute approximate surface area is 142 Å². The third kappa shape index (κ3) is 7.48. The van der Waals surface area contributed by atoms with Gasteiger partial charge < -0.3 is 15.2 Å². The van der Waals surface area contributed by atoms with Gasteiger partial charge in [-0.05, 0) is 37.0 Å². The molecule has 0 aliphatic heterocycles. The van der Waals surface area contributed by atoms with Crippen LogP contribution in [0.5, 0.6) is 0 Å². The van der Waals surface area contributed by atoms with Gasteiger partial charge in [-0.15, -0.1) is 0 Å². The van der Waals surface area contributed by atoms with Crippen LogP contribution in [0.4, 0.5) is 0 Å². The number of carbonyl (C=O) groups excluding carboxylic acids is 1. The molecule has 5 nitrogen and oxygen atoms in total. The molecule has 0 aliphatic rings. The Morgan fingerprint density at radius 3 is 2.35 bits per heavy atom. The molecule has 128 valence electrons. The Hall–Kier alpha value is -1.59. The van der Waals surface area contributed by atoms with Crippen LogP contribution in [0.1, 0.15) is 45.2 Å². The van der Waals surface area contributed by atoms with Crippen LogP contribution in [-0.2, 0) is 14.3 Å². The molecule has 0 aromatic heterocycles. The molecule has 0 aliphatic carbocycles. The Bertz CT molecular complexity index is 516. The number of aliphatic carboxylic acids is 1. The van der Waals surface area contributed by atoms with E-state index in [1.165, 1.54) is 0 Å². The average Bonchev–Trinajstić information content (AvgIpc) is 2.46. The molecule has 0 spiro atoms. The lowest BCUT2D eigenvalue weighted by molar-refractivity contribution is -0.138. The molecule has 1 aromatic carbocycles. The summed E-state index contributed by atoms with van der Waals surface area (Å²) in [5.41, 5.74) is 0.694. The highest BCUT2D eigenvalue weighted by molar-refractivity contribution is 6.30. The first-order valence-electron chi connectivity index (χ1n) is 7.68. The summed E-state index contributed by atoms with van der Waals surface area (Å²) < 4.78 is 5.49. The van der Waals surface area contributed by atoms with Crippen molar-refractivity contribution in [3.63, 3.8) is 0 Å². The van der Waals surface area contributed by atoms with Crippen LogP contribution in [0, 0.1) is 5.92 Å². The van der Waals surface area contributed by atoms with E-state index in [2.05, 4.69) is 19.2 Å². The first-order valence-corrected chi connectivity index (χ1v) is 8.06. The van der Waals surface area contributed by atoms with Crippen LogP contribution in [-0.4, -0.2) is 29.7 Å². The zero-order valence-corrected chi connectivity index (χ0v) is 14.5. The lowest BCUT2D eigenvalue weighted by Gasteiger charge is -2.21. The summed E-state index contributed by atoms with van der Waals surface area (Å²) in [7, 11) is 0. The van der Waals surface area contributed by atoms with Gasteiger partial charge in [0.2, 0.25) is 5.91 Å². The summed E-state index contributed by atoms with van der Waals surface area (Å²) in [6.45, 7) is 6.32. The minimum atomic E-state index is -0.987. The van der Waals surface area contributed by atoms with E-state index in [4.69, 9.17) is 21.4 Å². The van der Waals surface area contributed by atoms with E-state index < -0.39 is 18.1 Å². The van der Waals surface area contributed by atoms with Crippen LogP contribution in [0.3, 0.4) is 0 Å². The second-order valence-corrected chi connectivity index (χ2v) is 6.34. The Balaban J connectivity index is 2.67. The highest BCUT2D eigenvalue weighted by Crippen LogP contribution is 2.20. The summed E-state index contributed by atoms with van der Waals surface area (Å²) >= 11 is 5.84. The number of ether oxygens (including phenoxy) is 1. The fourth-order valence-electron chi connectivity index (χ4n) is 1.97. The van der Waals surface area contributed by atoms with Gasteiger partial charge in [-0.25, -0.2) is 0 Å². The molecular weight excluding hydrogens is 318 g/mol. The first-order chi connectivity index (χ1) is 10.8. The molecule has 1 rings (SSSR count). The number of hydrogen-bond acceptors (Lipinski definition) is 3. The smallest absolute Gasteiger partial charge is 0.305 e. The number of amides is 1. The lowest BCUT2D eigenvalue weighted by atomic mass is 10.0. The van der Waals surface area contributed by atoms with E-state index in [-0.39, 0.29) is 12.3 Å². The van der Waals surface area contributed by atoms with E-state index in [0.717, 1.165) is 6.42 Å². The molecule has 0 heterocycles. The maximum atomic E-state index is 12.2. The van der Waals surface area contributed by atoms with Crippen LogP contribution in [0.25, 0.3) is 0 Å². The number of hydrogen-bond donors (Lipinski definition) is 2. The lowest BCUT2D eigenvalue weighted by Crippen LogP contribution is -2.38. The van der Waals surface area contributed by atoms with E-state index in [1.54, 1.807) is 31.2 Å². The number of carboxylic acids is 1. The van der Waals surface area contributed by atoms with Gasteiger partial charge in [0.15, 0.2) is 0 Å². The zero-order chi connectivity index (χ0) is 17.4. The quantitative estimate of drug-likeness (QED) is 0.721. The van der Waals surface area contributed by atoms with E-state index >= 15 is 0 Å². The third-order valence-corrected chi connectivity index (χ3v) is 3.65. The van der Waals surface area contributed by atoms with Gasteiger partial charge in [-0.1, -0.05) is 37.6 Å². The van der Waals surface area contributed by atoms with Crippen molar-refractivity contribution in [3.05, 3.63) is 34.9 Å². The molecule has 1 unspecified atom stereocenters. The predicted octanol–water partition coefficient (Wildman–Crippen LogP) is 3.42. The molecule has 23 heavy (non-hydrogen) atoms. The zero-order valence-electron chi connectivity index (χ0n) is 13.7. The van der Waals surface area contributed by atoms with Gasteiger partial charge in [-0.2, -0.15) is 0 Å². The van der Waals surface area contributed by atoms with Crippen molar-refractivity contribution in [2.75, 3.05) is 6.61 Å². The molecule has 1 amide bonds. The number of halogens is 1. The summed E-state index contributed by atoms with van der Waals surface area (Å²) in [6.07, 6.45) is 0.0387. The van der Waals surface area contributed by atoms with Gasteiger partial charge in [0, 0.05) is 11.6 Å². The number of carbonyl (C=O) groups is 2. The highest BCUT2D eigenvalue weighted by Gasteiger charge is 2.21. The highest BCUT2D eigenvalue weighted by atomic mass is 35.5. The van der Waals surface area contributed by atoms with Crippen LogP contribution < -0.4 is 5.32 Å². The summed E-state index contributed by atoms with van der Waals surface area (Å²) in [5, 5.41) is 12.3. The molecule has 0 saturated heterocycles. The maximum Gasteiger partial charge on any atom is 0.305 e. The molecule has 0 bridgehead atoms. The Morgan fingerprint density at radius 2 is 1.83 bits per heavy atom. The monoisotopic (exact) mass is 341 g/mol. The maximum absolute atomic E-state index is 12.2. The van der Waals surface area contributed by atoms with Crippen molar-refractivity contribution in [1.82, 2.24) is 5.32 Å².